The fourth-order valence-corrected chi connectivity index (χ4v) is 2.64. The highest BCUT2D eigenvalue weighted by molar-refractivity contribution is 5.17. The molecule has 0 bridgehead atoms. The van der Waals surface area contributed by atoms with E-state index in [1.54, 1.807) is 0 Å². The van der Waals surface area contributed by atoms with Gasteiger partial charge < -0.3 is 10.6 Å². The van der Waals surface area contributed by atoms with E-state index in [4.69, 9.17) is 0 Å². The van der Waals surface area contributed by atoms with E-state index in [2.05, 4.69) is 38.3 Å². The molecule has 0 aromatic carbocycles. The first-order valence-corrected chi connectivity index (χ1v) is 6.43. The molecule has 0 unspecified atom stereocenters. The summed E-state index contributed by atoms with van der Waals surface area (Å²) in [5.74, 6) is 0. The minimum absolute atomic E-state index is 0.483. The van der Waals surface area contributed by atoms with E-state index in [1.807, 2.05) is 0 Å². The van der Waals surface area contributed by atoms with E-state index in [1.165, 1.54) is 25.8 Å². The number of nitrogens with one attached hydrogen (secondary N) is 2. The first-order chi connectivity index (χ1) is 6.96. The molecule has 2 saturated carbocycles. The summed E-state index contributed by atoms with van der Waals surface area (Å²) in [5.41, 5.74) is 0.966. The molecule has 0 aliphatic heterocycles. The highest BCUT2D eigenvalue weighted by atomic mass is 15.0. The highest BCUT2D eigenvalue weighted by Crippen LogP contribution is 2.62. The molecule has 88 valence electrons. The molecule has 0 radical (unpaired) electrons. The number of hydrogen-bond donors (Lipinski definition) is 2. The maximum Gasteiger partial charge on any atom is 0.0181 e. The van der Waals surface area contributed by atoms with Gasteiger partial charge in [-0.25, -0.2) is 0 Å². The topological polar surface area (TPSA) is 24.1 Å². The Morgan fingerprint density at radius 2 is 1.47 bits per heavy atom. The van der Waals surface area contributed by atoms with Crippen LogP contribution in [0.25, 0.3) is 0 Å². The first kappa shape index (κ1) is 11.4. The third-order valence-electron chi connectivity index (χ3n) is 4.73. The molecule has 15 heavy (non-hydrogen) atoms. The predicted octanol–water partition coefficient (Wildman–Crippen LogP) is 2.15. The summed E-state index contributed by atoms with van der Waals surface area (Å²) in [6.45, 7) is 11.8. The smallest absolute Gasteiger partial charge is 0.0181 e. The van der Waals surface area contributed by atoms with Crippen LogP contribution in [-0.4, -0.2) is 25.2 Å². The molecular formula is C13H26N2. The molecular weight excluding hydrogens is 184 g/mol. The van der Waals surface area contributed by atoms with Crippen LogP contribution in [0.4, 0.5) is 0 Å². The van der Waals surface area contributed by atoms with Crippen LogP contribution in [0.3, 0.4) is 0 Å². The Balaban J connectivity index is 1.55. The molecule has 0 saturated heterocycles. The molecule has 0 aromatic rings. The Morgan fingerprint density at radius 1 is 0.933 bits per heavy atom. The second kappa shape index (κ2) is 3.74. The zero-order chi connectivity index (χ0) is 11.1. The van der Waals surface area contributed by atoms with Crippen molar-refractivity contribution in [2.45, 2.75) is 59.0 Å². The minimum Gasteiger partial charge on any atom is -0.314 e. The van der Waals surface area contributed by atoms with Crippen molar-refractivity contribution in [3.05, 3.63) is 0 Å². The molecule has 2 heteroatoms. The van der Waals surface area contributed by atoms with Crippen molar-refractivity contribution in [2.24, 2.45) is 10.8 Å². The molecule has 0 aromatic heterocycles. The van der Waals surface area contributed by atoms with Crippen molar-refractivity contribution in [3.63, 3.8) is 0 Å². The van der Waals surface area contributed by atoms with Crippen LogP contribution in [0.15, 0.2) is 0 Å². The standard InChI is InChI=1S/C13H26N2/c1-12(2)11(13(12,3)4)15-9-5-8-14-10-6-7-10/h10-11,14-15H,5-9H2,1-4H3. The van der Waals surface area contributed by atoms with Crippen molar-refractivity contribution in [3.8, 4) is 0 Å². The van der Waals surface area contributed by atoms with E-state index >= 15 is 0 Å². The van der Waals surface area contributed by atoms with Gasteiger partial charge in [0.15, 0.2) is 0 Å². The fraction of sp³-hybridized carbons (Fsp3) is 1.00. The van der Waals surface area contributed by atoms with Gasteiger partial charge in [0.25, 0.3) is 0 Å². The zero-order valence-corrected chi connectivity index (χ0v) is 10.7. The Bertz CT molecular complexity index is 215. The van der Waals surface area contributed by atoms with Crippen molar-refractivity contribution >= 4 is 0 Å². The molecule has 2 aliphatic carbocycles. The summed E-state index contributed by atoms with van der Waals surface area (Å²) in [4.78, 5) is 0. The summed E-state index contributed by atoms with van der Waals surface area (Å²) in [6.07, 6.45) is 4.06. The van der Waals surface area contributed by atoms with Crippen molar-refractivity contribution in [1.82, 2.24) is 10.6 Å². The largest absolute Gasteiger partial charge is 0.314 e. The van der Waals surface area contributed by atoms with Crippen molar-refractivity contribution in [2.75, 3.05) is 13.1 Å². The van der Waals surface area contributed by atoms with E-state index < -0.39 is 0 Å². The lowest BCUT2D eigenvalue weighted by molar-refractivity contribution is 0.457. The highest BCUT2D eigenvalue weighted by Gasteiger charge is 2.64. The van der Waals surface area contributed by atoms with Gasteiger partial charge in [-0.1, -0.05) is 27.7 Å². The van der Waals surface area contributed by atoms with Crippen molar-refractivity contribution < 1.29 is 0 Å². The molecule has 2 rings (SSSR count). The first-order valence-electron chi connectivity index (χ1n) is 6.43. The lowest BCUT2D eigenvalue weighted by Gasteiger charge is -2.06. The fourth-order valence-electron chi connectivity index (χ4n) is 2.64. The zero-order valence-electron chi connectivity index (χ0n) is 10.7. The molecule has 2 aliphatic rings. The quantitative estimate of drug-likeness (QED) is 0.656. The van der Waals surface area contributed by atoms with E-state index in [-0.39, 0.29) is 0 Å². The van der Waals surface area contributed by atoms with Crippen LogP contribution in [0, 0.1) is 10.8 Å². The summed E-state index contributed by atoms with van der Waals surface area (Å²) < 4.78 is 0. The van der Waals surface area contributed by atoms with Crippen LogP contribution >= 0.6 is 0 Å². The Morgan fingerprint density at radius 3 is 1.93 bits per heavy atom. The molecule has 0 atom stereocenters. The molecule has 2 fully saturated rings. The van der Waals surface area contributed by atoms with E-state index in [9.17, 15) is 0 Å². The number of rotatable bonds is 6. The van der Waals surface area contributed by atoms with E-state index in [0.717, 1.165) is 12.6 Å². The van der Waals surface area contributed by atoms with Gasteiger partial charge in [-0.3, -0.25) is 0 Å². The van der Waals surface area contributed by atoms with Crippen molar-refractivity contribution in [1.29, 1.82) is 0 Å². The monoisotopic (exact) mass is 210 g/mol. The van der Waals surface area contributed by atoms with Gasteiger partial charge in [-0.15, -0.1) is 0 Å². The third kappa shape index (κ3) is 2.21. The minimum atomic E-state index is 0.483. The summed E-state index contributed by atoms with van der Waals surface area (Å²) >= 11 is 0. The summed E-state index contributed by atoms with van der Waals surface area (Å²) in [7, 11) is 0. The second-order valence-electron chi connectivity index (χ2n) is 6.41. The van der Waals surface area contributed by atoms with Gasteiger partial charge in [0.05, 0.1) is 0 Å². The summed E-state index contributed by atoms with van der Waals surface area (Å²) in [5, 5.41) is 7.24. The Hall–Kier alpha value is -0.0800. The van der Waals surface area contributed by atoms with E-state index in [0.29, 0.717) is 16.9 Å². The van der Waals surface area contributed by atoms with Gasteiger partial charge in [-0.2, -0.15) is 0 Å². The number of hydrogen-bond acceptors (Lipinski definition) is 2. The van der Waals surface area contributed by atoms with Crippen LogP contribution < -0.4 is 10.6 Å². The van der Waals surface area contributed by atoms with Crippen LogP contribution in [0.1, 0.15) is 47.0 Å². The van der Waals surface area contributed by atoms with Gasteiger partial charge in [0.1, 0.15) is 0 Å². The van der Waals surface area contributed by atoms with Crippen LogP contribution in [-0.2, 0) is 0 Å². The third-order valence-corrected chi connectivity index (χ3v) is 4.73. The van der Waals surface area contributed by atoms with Gasteiger partial charge in [0.2, 0.25) is 0 Å². The summed E-state index contributed by atoms with van der Waals surface area (Å²) in [6, 6.07) is 1.57. The van der Waals surface area contributed by atoms with Crippen LogP contribution in [0.5, 0.6) is 0 Å². The maximum atomic E-state index is 3.69. The molecule has 2 nitrogen and oxygen atoms in total. The SMILES string of the molecule is CC1(C)C(NCCCNC2CC2)C1(C)C. The molecule has 2 N–H and O–H groups in total. The molecule has 0 spiro atoms. The average molecular weight is 210 g/mol. The Labute approximate surface area is 94.2 Å². The lowest BCUT2D eigenvalue weighted by atomic mass is 10.0. The normalized spacial score (nSPS) is 28.0. The Kier molecular flexibility index (Phi) is 2.85. The molecule has 0 heterocycles. The maximum absolute atomic E-state index is 3.69. The van der Waals surface area contributed by atoms with Gasteiger partial charge in [-0.05, 0) is 43.2 Å². The lowest BCUT2D eigenvalue weighted by Crippen LogP contribution is -2.27. The van der Waals surface area contributed by atoms with Gasteiger partial charge >= 0.3 is 0 Å². The van der Waals surface area contributed by atoms with Crippen LogP contribution in [0.2, 0.25) is 0 Å². The second-order valence-corrected chi connectivity index (χ2v) is 6.41. The average Bonchev–Trinajstić information content (AvgIpc) is 2.99. The predicted molar refractivity (Wildman–Crippen MR) is 65.0 cm³/mol. The molecule has 0 amide bonds. The van der Waals surface area contributed by atoms with Gasteiger partial charge in [0, 0.05) is 12.1 Å².